The quantitative estimate of drug-likeness (QED) is 0.224. The zero-order chi connectivity index (χ0) is 21.0. The van der Waals surface area contributed by atoms with Crippen molar-refractivity contribution in [1.82, 2.24) is 21.1 Å². The summed E-state index contributed by atoms with van der Waals surface area (Å²) in [5.74, 6) is 0.350. The Balaban J connectivity index is 1.20. The highest BCUT2D eigenvalue weighted by Gasteiger charge is 2.44. The van der Waals surface area contributed by atoms with Crippen LogP contribution in [0, 0.1) is 11.7 Å². The Bertz CT molecular complexity index is 821. The summed E-state index contributed by atoms with van der Waals surface area (Å²) in [5.41, 5.74) is 7.51. The first-order valence-electron chi connectivity index (χ1n) is 10.7. The van der Waals surface area contributed by atoms with Gasteiger partial charge in [-0.05, 0) is 55.7 Å². The number of halogens is 1. The van der Waals surface area contributed by atoms with Crippen LogP contribution in [0.3, 0.4) is 0 Å². The number of hydrazine groups is 1. The van der Waals surface area contributed by atoms with Crippen LogP contribution in [0.2, 0.25) is 0 Å². The lowest BCUT2D eigenvalue weighted by atomic mass is 9.86. The second kappa shape index (κ2) is 9.14. The first kappa shape index (κ1) is 20.8. The Hall–Kier alpha value is -2.45. The van der Waals surface area contributed by atoms with Crippen molar-refractivity contribution in [3.63, 3.8) is 0 Å². The molecule has 0 bridgehead atoms. The first-order chi connectivity index (χ1) is 14.6. The van der Waals surface area contributed by atoms with Crippen LogP contribution in [0.4, 0.5) is 9.18 Å². The molecule has 1 aromatic rings. The average Bonchev–Trinajstić information content (AvgIpc) is 3.40. The van der Waals surface area contributed by atoms with Gasteiger partial charge in [0.1, 0.15) is 6.54 Å². The van der Waals surface area contributed by atoms with E-state index in [1.54, 1.807) is 0 Å². The zero-order valence-corrected chi connectivity index (χ0v) is 17.1. The number of hydrogen-bond donors (Lipinski definition) is 3. The van der Waals surface area contributed by atoms with Crippen LogP contribution in [0.15, 0.2) is 30.4 Å². The lowest BCUT2D eigenvalue weighted by Gasteiger charge is -2.25. The topological polar surface area (TPSA) is 82.7 Å². The van der Waals surface area contributed by atoms with Crippen LogP contribution >= 0.6 is 0 Å². The lowest BCUT2D eigenvalue weighted by Crippen LogP contribution is -2.41. The predicted molar refractivity (Wildman–Crippen MR) is 110 cm³/mol. The average molecular weight is 416 g/mol. The van der Waals surface area contributed by atoms with Gasteiger partial charge >= 0.3 is 6.03 Å². The number of imide groups is 1. The van der Waals surface area contributed by atoms with Crippen LogP contribution in [-0.4, -0.2) is 43.1 Å². The monoisotopic (exact) mass is 416 g/mol. The molecule has 0 unspecified atom stereocenters. The number of rotatable bonds is 11. The molecule has 3 fully saturated rings. The molecule has 4 rings (SSSR count). The summed E-state index contributed by atoms with van der Waals surface area (Å²) in [5, 5.41) is 2.25. The third kappa shape index (κ3) is 4.99. The Labute approximate surface area is 176 Å². The number of carbonyl (C=O) groups excluding carboxylic acids is 2. The number of urea groups is 1. The van der Waals surface area contributed by atoms with Crippen LogP contribution in [0.1, 0.15) is 44.1 Å². The van der Waals surface area contributed by atoms with Gasteiger partial charge < -0.3 is 9.64 Å². The van der Waals surface area contributed by atoms with E-state index in [4.69, 9.17) is 4.74 Å². The fourth-order valence-corrected chi connectivity index (χ4v) is 3.73. The number of benzene rings is 1. The van der Waals surface area contributed by atoms with Gasteiger partial charge in [-0.2, -0.15) is 0 Å². The second-order valence-corrected chi connectivity index (χ2v) is 8.38. The SMILES string of the molecule is O=C1CN(C/C=C/CCNNC2(c3ccc(F)c(OCC4CCC4)c3)CC2)C(=O)N1. The van der Waals surface area contributed by atoms with Gasteiger partial charge in [0, 0.05) is 13.1 Å². The molecule has 162 valence electrons. The van der Waals surface area contributed by atoms with Gasteiger partial charge in [0.05, 0.1) is 12.1 Å². The molecule has 2 saturated carbocycles. The number of nitrogens with one attached hydrogen (secondary N) is 3. The zero-order valence-electron chi connectivity index (χ0n) is 17.1. The van der Waals surface area contributed by atoms with Crippen LogP contribution in [0.25, 0.3) is 0 Å². The third-order valence-corrected chi connectivity index (χ3v) is 6.06. The standard InChI is InChI=1S/C22H29FN4O3/c23-18-8-7-17(13-19(18)30-15-16-5-4-6-16)22(9-10-22)26-24-11-2-1-3-12-27-14-20(28)25-21(27)29/h1,3,7-8,13,16,24,26H,2,4-6,9-12,14-15H2,(H,25,28,29)/b3-1+. The van der Waals surface area contributed by atoms with E-state index >= 15 is 0 Å². The fraction of sp³-hybridized carbons (Fsp3) is 0.545. The number of carbonyl (C=O) groups is 2. The van der Waals surface area contributed by atoms with Gasteiger partial charge in [0.15, 0.2) is 11.6 Å². The summed E-state index contributed by atoms with van der Waals surface area (Å²) in [6, 6.07) is 4.82. The van der Waals surface area contributed by atoms with Gasteiger partial charge in [-0.15, -0.1) is 0 Å². The molecule has 0 atom stereocenters. The molecule has 7 nitrogen and oxygen atoms in total. The molecule has 8 heteroatoms. The van der Waals surface area contributed by atoms with Gasteiger partial charge in [0.2, 0.25) is 5.91 Å². The molecular formula is C22H29FN4O3. The predicted octanol–water partition coefficient (Wildman–Crippen LogP) is 2.59. The highest BCUT2D eigenvalue weighted by atomic mass is 19.1. The molecule has 1 heterocycles. The Morgan fingerprint density at radius 1 is 1.27 bits per heavy atom. The number of hydrogen-bond acceptors (Lipinski definition) is 5. The first-order valence-corrected chi connectivity index (χ1v) is 10.7. The van der Waals surface area contributed by atoms with Gasteiger partial charge in [-0.3, -0.25) is 15.5 Å². The largest absolute Gasteiger partial charge is 0.490 e. The number of nitrogens with zero attached hydrogens (tertiary/aromatic N) is 1. The highest BCUT2D eigenvalue weighted by Crippen LogP contribution is 2.46. The van der Waals surface area contributed by atoms with Crippen molar-refractivity contribution in [2.24, 2.45) is 5.92 Å². The third-order valence-electron chi connectivity index (χ3n) is 6.06. The van der Waals surface area contributed by atoms with Crippen molar-refractivity contribution in [3.8, 4) is 5.75 Å². The minimum atomic E-state index is -0.338. The molecule has 30 heavy (non-hydrogen) atoms. The van der Waals surface area contributed by atoms with E-state index in [-0.39, 0.29) is 29.8 Å². The van der Waals surface area contributed by atoms with Crippen molar-refractivity contribution in [2.75, 3.05) is 26.2 Å². The maximum atomic E-state index is 14.1. The molecular weight excluding hydrogens is 387 g/mol. The molecule has 0 radical (unpaired) electrons. The number of ether oxygens (including phenoxy) is 1. The Morgan fingerprint density at radius 3 is 2.77 bits per heavy atom. The van der Waals surface area contributed by atoms with E-state index in [9.17, 15) is 14.0 Å². The van der Waals surface area contributed by atoms with E-state index in [1.165, 1.54) is 30.2 Å². The van der Waals surface area contributed by atoms with Crippen LogP contribution < -0.4 is 20.9 Å². The van der Waals surface area contributed by atoms with E-state index in [0.717, 1.165) is 31.4 Å². The maximum Gasteiger partial charge on any atom is 0.324 e. The van der Waals surface area contributed by atoms with Gasteiger partial charge in [0.25, 0.3) is 0 Å². The highest BCUT2D eigenvalue weighted by molar-refractivity contribution is 6.01. The molecule has 3 aliphatic rings. The van der Waals surface area contributed by atoms with Crippen molar-refractivity contribution < 1.29 is 18.7 Å². The van der Waals surface area contributed by atoms with Crippen molar-refractivity contribution in [2.45, 2.75) is 44.1 Å². The van der Waals surface area contributed by atoms with E-state index in [1.807, 2.05) is 24.3 Å². The Kier molecular flexibility index (Phi) is 6.34. The summed E-state index contributed by atoms with van der Waals surface area (Å²) in [6.45, 7) is 1.86. The van der Waals surface area contributed by atoms with E-state index < -0.39 is 0 Å². The van der Waals surface area contributed by atoms with E-state index in [2.05, 4.69) is 16.2 Å². The molecule has 1 aliphatic heterocycles. The second-order valence-electron chi connectivity index (χ2n) is 8.38. The van der Waals surface area contributed by atoms with E-state index in [0.29, 0.717) is 24.8 Å². The molecule has 0 aromatic heterocycles. The summed E-state index contributed by atoms with van der Waals surface area (Å²) < 4.78 is 19.9. The summed E-state index contributed by atoms with van der Waals surface area (Å²) in [6.07, 6.45) is 10.2. The van der Waals surface area contributed by atoms with Gasteiger partial charge in [-0.1, -0.05) is 24.6 Å². The fourth-order valence-electron chi connectivity index (χ4n) is 3.73. The van der Waals surface area contributed by atoms with Gasteiger partial charge in [-0.25, -0.2) is 14.6 Å². The van der Waals surface area contributed by atoms with Crippen molar-refractivity contribution >= 4 is 11.9 Å². The molecule has 1 saturated heterocycles. The van der Waals surface area contributed by atoms with Crippen molar-refractivity contribution in [1.29, 1.82) is 0 Å². The number of amides is 3. The normalized spacial score (nSPS) is 20.5. The summed E-state index contributed by atoms with van der Waals surface area (Å²) in [4.78, 5) is 24.0. The van der Waals surface area contributed by atoms with Crippen LogP contribution in [0.5, 0.6) is 5.75 Å². The minimum Gasteiger partial charge on any atom is -0.490 e. The lowest BCUT2D eigenvalue weighted by molar-refractivity contribution is -0.118. The van der Waals surface area contributed by atoms with Crippen molar-refractivity contribution in [3.05, 3.63) is 41.7 Å². The molecule has 1 aromatic carbocycles. The molecule has 0 spiro atoms. The molecule has 3 amide bonds. The minimum absolute atomic E-state index is 0.121. The molecule has 2 aliphatic carbocycles. The van der Waals surface area contributed by atoms with Crippen LogP contribution in [-0.2, 0) is 10.3 Å². The summed E-state index contributed by atoms with van der Waals surface area (Å²) in [7, 11) is 0. The smallest absolute Gasteiger partial charge is 0.324 e. The maximum absolute atomic E-state index is 14.1. The Morgan fingerprint density at radius 2 is 2.10 bits per heavy atom. The molecule has 3 N–H and O–H groups in total. The summed E-state index contributed by atoms with van der Waals surface area (Å²) >= 11 is 0.